The SMILES string of the molecule is Cc1c(-c2ccc(OCCC3CCNCC3)c(C(F)(F)F)c2)nc(C#N)c2n[nH]nc12. The van der Waals surface area contributed by atoms with Gasteiger partial charge in [-0.3, -0.25) is 0 Å². The van der Waals surface area contributed by atoms with E-state index in [0.29, 0.717) is 17.0 Å². The monoisotopic (exact) mass is 430 g/mol. The first kappa shape index (κ1) is 21.1. The van der Waals surface area contributed by atoms with Gasteiger partial charge in [0.05, 0.1) is 17.9 Å². The summed E-state index contributed by atoms with van der Waals surface area (Å²) in [5, 5.41) is 23.0. The van der Waals surface area contributed by atoms with Crippen molar-refractivity contribution in [2.45, 2.75) is 32.4 Å². The summed E-state index contributed by atoms with van der Waals surface area (Å²) in [6, 6.07) is 5.79. The van der Waals surface area contributed by atoms with Crippen molar-refractivity contribution in [3.63, 3.8) is 0 Å². The fourth-order valence-corrected chi connectivity index (χ4v) is 3.91. The number of nitrogens with one attached hydrogen (secondary N) is 2. The summed E-state index contributed by atoms with van der Waals surface area (Å²) in [5.41, 5.74) is 0.850. The third-order valence-electron chi connectivity index (χ3n) is 5.61. The Hall–Kier alpha value is -3.19. The molecule has 1 aromatic carbocycles. The highest BCUT2D eigenvalue weighted by atomic mass is 19.4. The van der Waals surface area contributed by atoms with Gasteiger partial charge in [0, 0.05) is 11.1 Å². The maximum Gasteiger partial charge on any atom is 0.419 e. The predicted octanol–water partition coefficient (Wildman–Crippen LogP) is 3.99. The van der Waals surface area contributed by atoms with Gasteiger partial charge in [-0.1, -0.05) is 0 Å². The largest absolute Gasteiger partial charge is 0.493 e. The summed E-state index contributed by atoms with van der Waals surface area (Å²) in [5.74, 6) is 0.256. The van der Waals surface area contributed by atoms with Crippen molar-refractivity contribution in [1.82, 2.24) is 25.7 Å². The van der Waals surface area contributed by atoms with Crippen LogP contribution in [0, 0.1) is 24.2 Å². The fraction of sp³-hybridized carbons (Fsp3) is 0.429. The molecule has 0 amide bonds. The van der Waals surface area contributed by atoms with Gasteiger partial charge >= 0.3 is 6.18 Å². The third kappa shape index (κ3) is 4.32. The average molecular weight is 430 g/mol. The van der Waals surface area contributed by atoms with Crippen LogP contribution in [0.15, 0.2) is 18.2 Å². The van der Waals surface area contributed by atoms with E-state index in [1.807, 2.05) is 6.07 Å². The van der Waals surface area contributed by atoms with Crippen LogP contribution >= 0.6 is 0 Å². The lowest BCUT2D eigenvalue weighted by Gasteiger charge is -2.23. The van der Waals surface area contributed by atoms with Crippen LogP contribution in [0.25, 0.3) is 22.3 Å². The second kappa shape index (κ2) is 8.51. The van der Waals surface area contributed by atoms with Crippen LogP contribution in [0.4, 0.5) is 13.2 Å². The molecular weight excluding hydrogens is 409 g/mol. The number of H-pyrrole nitrogens is 1. The summed E-state index contributed by atoms with van der Waals surface area (Å²) in [6.45, 7) is 3.78. The van der Waals surface area contributed by atoms with Gasteiger partial charge in [0.1, 0.15) is 22.9 Å². The molecule has 4 rings (SSSR count). The molecular formula is C21H21F3N6O. The highest BCUT2D eigenvalue weighted by Gasteiger charge is 2.35. The molecule has 0 aliphatic carbocycles. The molecule has 3 aromatic rings. The van der Waals surface area contributed by atoms with Gasteiger partial charge in [-0.25, -0.2) is 4.98 Å². The predicted molar refractivity (Wildman–Crippen MR) is 107 cm³/mol. The Morgan fingerprint density at radius 2 is 1.94 bits per heavy atom. The number of aromatic amines is 1. The zero-order valence-corrected chi connectivity index (χ0v) is 16.9. The van der Waals surface area contributed by atoms with E-state index in [9.17, 15) is 18.4 Å². The first-order valence-electron chi connectivity index (χ1n) is 10.0. The molecule has 1 fully saturated rings. The van der Waals surface area contributed by atoms with Crippen molar-refractivity contribution in [1.29, 1.82) is 5.26 Å². The minimum absolute atomic E-state index is 0.000192. The summed E-state index contributed by atoms with van der Waals surface area (Å²) >= 11 is 0. The van der Waals surface area contributed by atoms with Gasteiger partial charge in [0.25, 0.3) is 0 Å². The number of rotatable bonds is 5. The number of nitrogens with zero attached hydrogens (tertiary/aromatic N) is 4. The van der Waals surface area contributed by atoms with Crippen LogP contribution in [0.2, 0.25) is 0 Å². The first-order chi connectivity index (χ1) is 14.9. The second-order valence-corrected chi connectivity index (χ2v) is 7.61. The smallest absolute Gasteiger partial charge is 0.419 e. The minimum atomic E-state index is -4.59. The standard InChI is InChI=1S/C21H21F3N6O/c1-12-18(27-16(11-25)20-19(12)28-30-29-20)14-2-3-17(15(10-14)21(22,23)24)31-9-6-13-4-7-26-8-5-13/h2-3,10,13,26H,4-9H2,1H3,(H,28,29,30). The topological polar surface area (TPSA) is 99.5 Å². The fourth-order valence-electron chi connectivity index (χ4n) is 3.91. The number of pyridine rings is 1. The normalized spacial score (nSPS) is 15.2. The van der Waals surface area contributed by atoms with E-state index in [0.717, 1.165) is 38.4 Å². The number of benzene rings is 1. The number of piperidine rings is 1. The Bertz CT molecular complexity index is 1130. The molecule has 1 aliphatic rings. The minimum Gasteiger partial charge on any atom is -0.493 e. The van der Waals surface area contributed by atoms with Crippen molar-refractivity contribution in [3.05, 3.63) is 35.0 Å². The van der Waals surface area contributed by atoms with Crippen LogP contribution < -0.4 is 10.1 Å². The molecule has 2 N–H and O–H groups in total. The molecule has 1 saturated heterocycles. The number of fused-ring (bicyclic) bond motifs is 1. The molecule has 7 nitrogen and oxygen atoms in total. The summed E-state index contributed by atoms with van der Waals surface area (Å²) in [4.78, 5) is 4.24. The molecule has 1 aliphatic heterocycles. The Morgan fingerprint density at radius 1 is 1.19 bits per heavy atom. The van der Waals surface area contributed by atoms with Crippen LogP contribution in [0.5, 0.6) is 5.75 Å². The number of aromatic nitrogens is 4. The molecule has 162 valence electrons. The first-order valence-corrected chi connectivity index (χ1v) is 10.0. The van der Waals surface area contributed by atoms with Crippen LogP contribution in [-0.2, 0) is 6.18 Å². The number of ether oxygens (including phenoxy) is 1. The maximum atomic E-state index is 13.8. The molecule has 3 heterocycles. The van der Waals surface area contributed by atoms with Crippen molar-refractivity contribution >= 4 is 11.0 Å². The lowest BCUT2D eigenvalue weighted by Crippen LogP contribution is -2.28. The lowest BCUT2D eigenvalue weighted by molar-refractivity contribution is -0.138. The lowest BCUT2D eigenvalue weighted by atomic mass is 9.95. The van der Waals surface area contributed by atoms with Crippen LogP contribution in [0.3, 0.4) is 0 Å². The highest BCUT2D eigenvalue weighted by molar-refractivity contribution is 5.87. The van der Waals surface area contributed by atoms with Crippen molar-refractivity contribution < 1.29 is 17.9 Å². The van der Waals surface area contributed by atoms with E-state index in [-0.39, 0.29) is 34.8 Å². The number of alkyl halides is 3. The molecule has 0 radical (unpaired) electrons. The zero-order chi connectivity index (χ0) is 22.0. The maximum absolute atomic E-state index is 13.8. The summed E-state index contributed by atoms with van der Waals surface area (Å²) < 4.78 is 46.9. The zero-order valence-electron chi connectivity index (χ0n) is 16.9. The van der Waals surface area contributed by atoms with E-state index in [4.69, 9.17) is 4.74 Å². The van der Waals surface area contributed by atoms with Gasteiger partial charge in [-0.05, 0) is 63.4 Å². The van der Waals surface area contributed by atoms with Crippen molar-refractivity contribution in [3.8, 4) is 23.1 Å². The van der Waals surface area contributed by atoms with Crippen LogP contribution in [0.1, 0.15) is 36.1 Å². The third-order valence-corrected chi connectivity index (χ3v) is 5.61. The molecule has 0 spiro atoms. The van der Waals surface area contributed by atoms with E-state index in [2.05, 4.69) is 25.7 Å². The quantitative estimate of drug-likeness (QED) is 0.635. The van der Waals surface area contributed by atoms with E-state index < -0.39 is 11.7 Å². The molecule has 0 saturated carbocycles. The Kier molecular flexibility index (Phi) is 5.78. The van der Waals surface area contributed by atoms with Gasteiger partial charge in [0.2, 0.25) is 0 Å². The number of halogens is 3. The van der Waals surface area contributed by atoms with Crippen molar-refractivity contribution in [2.24, 2.45) is 5.92 Å². The molecule has 0 unspecified atom stereocenters. The highest BCUT2D eigenvalue weighted by Crippen LogP contribution is 2.39. The number of nitriles is 1. The molecule has 31 heavy (non-hydrogen) atoms. The molecule has 2 aromatic heterocycles. The van der Waals surface area contributed by atoms with E-state index in [1.54, 1.807) is 6.92 Å². The van der Waals surface area contributed by atoms with Gasteiger partial charge in [-0.2, -0.15) is 33.8 Å². The molecule has 0 atom stereocenters. The van der Waals surface area contributed by atoms with Gasteiger partial charge in [-0.15, -0.1) is 0 Å². The van der Waals surface area contributed by atoms with E-state index in [1.165, 1.54) is 12.1 Å². The molecule has 0 bridgehead atoms. The molecule has 10 heteroatoms. The van der Waals surface area contributed by atoms with Crippen molar-refractivity contribution in [2.75, 3.05) is 19.7 Å². The van der Waals surface area contributed by atoms with Gasteiger partial charge < -0.3 is 10.1 Å². The Morgan fingerprint density at radius 3 is 2.65 bits per heavy atom. The average Bonchev–Trinajstić information content (AvgIpc) is 3.25. The summed E-state index contributed by atoms with van der Waals surface area (Å²) in [7, 11) is 0. The Balaban J connectivity index is 1.65. The van der Waals surface area contributed by atoms with E-state index >= 15 is 0 Å². The number of hydrogen-bond acceptors (Lipinski definition) is 6. The Labute approximate surface area is 176 Å². The second-order valence-electron chi connectivity index (χ2n) is 7.61. The van der Waals surface area contributed by atoms with Crippen LogP contribution in [-0.4, -0.2) is 40.1 Å². The number of aryl methyl sites for hydroxylation is 1. The summed E-state index contributed by atoms with van der Waals surface area (Å²) in [6.07, 6.45) is -1.87. The number of hydrogen-bond donors (Lipinski definition) is 2. The van der Waals surface area contributed by atoms with Gasteiger partial charge in [0.15, 0.2) is 5.69 Å².